The number of aliphatic hydroxyl groups is 1. The maximum Gasteiger partial charge on any atom is 0.0545 e. The topological polar surface area (TPSA) is 20.2 Å². The Bertz CT molecular complexity index is 230. The molecule has 0 aliphatic heterocycles. The van der Waals surface area contributed by atoms with Gasteiger partial charge in [-0.1, -0.05) is 104 Å². The number of unbranched alkanes of at least 4 members (excludes halogenated alkanes) is 14. The van der Waals surface area contributed by atoms with Crippen molar-refractivity contribution in [1.82, 2.24) is 0 Å². The smallest absolute Gasteiger partial charge is 0.0545 e. The second-order valence-electron chi connectivity index (χ2n) is 7.74. The van der Waals surface area contributed by atoms with Gasteiger partial charge in [0.05, 0.1) is 6.10 Å². The third-order valence-corrected chi connectivity index (χ3v) is 6.44. The van der Waals surface area contributed by atoms with Crippen LogP contribution in [-0.2, 0) is 0 Å². The molecular weight excluding hydrogens is 312 g/mol. The van der Waals surface area contributed by atoms with Crippen LogP contribution in [-0.4, -0.2) is 22.7 Å². The Labute approximate surface area is 157 Å². The summed E-state index contributed by atoms with van der Waals surface area (Å²) in [6.45, 7) is 6.34. The van der Waals surface area contributed by atoms with Crippen LogP contribution in [0.25, 0.3) is 0 Å². The second-order valence-corrected chi connectivity index (χ2v) is 8.89. The molecule has 0 fully saturated rings. The highest BCUT2D eigenvalue weighted by Gasteiger charge is 2.07. The molecule has 0 amide bonds. The van der Waals surface area contributed by atoms with Crippen molar-refractivity contribution >= 4 is 11.8 Å². The summed E-state index contributed by atoms with van der Waals surface area (Å²) in [6.07, 6.45) is 21.4. The molecule has 0 aromatic carbocycles. The molecule has 0 rings (SSSR count). The van der Waals surface area contributed by atoms with E-state index in [1.54, 1.807) is 0 Å². The third-order valence-electron chi connectivity index (χ3n) is 5.10. The minimum absolute atomic E-state index is 0.154. The molecule has 0 bridgehead atoms. The first-order valence-electron chi connectivity index (χ1n) is 10.9. The number of aliphatic hydroxyl groups excluding tert-OH is 1. The van der Waals surface area contributed by atoms with Gasteiger partial charge in [0.2, 0.25) is 0 Å². The van der Waals surface area contributed by atoms with Crippen LogP contribution in [0.4, 0.5) is 0 Å². The molecule has 0 aromatic heterocycles. The summed E-state index contributed by atoms with van der Waals surface area (Å²) >= 11 is 2.02. The fourth-order valence-corrected chi connectivity index (χ4v) is 4.21. The number of hydrogen-bond acceptors (Lipinski definition) is 2. The summed E-state index contributed by atoms with van der Waals surface area (Å²) in [5.41, 5.74) is 0. The number of rotatable bonds is 19. The van der Waals surface area contributed by atoms with Gasteiger partial charge in [-0.2, -0.15) is 11.8 Å². The molecule has 0 aromatic rings. The molecule has 0 heterocycles. The first-order chi connectivity index (χ1) is 11.7. The van der Waals surface area contributed by atoms with Gasteiger partial charge >= 0.3 is 0 Å². The minimum atomic E-state index is -0.154. The zero-order valence-electron chi connectivity index (χ0n) is 17.0. The van der Waals surface area contributed by atoms with Crippen molar-refractivity contribution in [2.24, 2.45) is 5.92 Å². The molecule has 2 heteroatoms. The van der Waals surface area contributed by atoms with Crippen molar-refractivity contribution in [3.8, 4) is 0 Å². The Morgan fingerprint density at radius 3 is 1.38 bits per heavy atom. The average molecular weight is 359 g/mol. The maximum absolute atomic E-state index is 9.44. The van der Waals surface area contributed by atoms with Crippen LogP contribution in [0.5, 0.6) is 0 Å². The van der Waals surface area contributed by atoms with Gasteiger partial charge in [0.1, 0.15) is 0 Å². The summed E-state index contributed by atoms with van der Waals surface area (Å²) in [6, 6.07) is 0. The lowest BCUT2D eigenvalue weighted by molar-refractivity contribution is 0.146. The van der Waals surface area contributed by atoms with Crippen LogP contribution in [0, 0.1) is 5.92 Å². The van der Waals surface area contributed by atoms with Crippen LogP contribution in [0.15, 0.2) is 0 Å². The van der Waals surface area contributed by atoms with Crippen LogP contribution in [0.1, 0.15) is 117 Å². The van der Waals surface area contributed by atoms with E-state index in [1.165, 1.54) is 102 Å². The van der Waals surface area contributed by atoms with Gasteiger partial charge < -0.3 is 5.11 Å². The van der Waals surface area contributed by atoms with E-state index in [9.17, 15) is 5.11 Å². The van der Waals surface area contributed by atoms with E-state index in [1.807, 2.05) is 18.7 Å². The van der Waals surface area contributed by atoms with Crippen LogP contribution >= 0.6 is 11.8 Å². The normalized spacial score (nSPS) is 14.0. The highest BCUT2D eigenvalue weighted by Crippen LogP contribution is 2.16. The molecule has 1 nitrogen and oxygen atoms in total. The van der Waals surface area contributed by atoms with E-state index in [-0.39, 0.29) is 6.10 Å². The van der Waals surface area contributed by atoms with Crippen molar-refractivity contribution < 1.29 is 5.11 Å². The summed E-state index contributed by atoms with van der Waals surface area (Å²) < 4.78 is 0. The van der Waals surface area contributed by atoms with Gasteiger partial charge in [0.25, 0.3) is 0 Å². The fourth-order valence-electron chi connectivity index (χ4n) is 2.98. The minimum Gasteiger partial charge on any atom is -0.393 e. The molecule has 0 radical (unpaired) electrons. The van der Waals surface area contributed by atoms with Gasteiger partial charge in [0.15, 0.2) is 0 Å². The van der Waals surface area contributed by atoms with Crippen LogP contribution in [0.2, 0.25) is 0 Å². The molecule has 0 saturated heterocycles. The van der Waals surface area contributed by atoms with E-state index in [0.717, 1.165) is 5.75 Å². The molecule has 1 N–H and O–H groups in total. The highest BCUT2D eigenvalue weighted by atomic mass is 32.2. The molecule has 0 aliphatic carbocycles. The Morgan fingerprint density at radius 1 is 0.625 bits per heavy atom. The van der Waals surface area contributed by atoms with Crippen molar-refractivity contribution in [1.29, 1.82) is 0 Å². The Kier molecular flexibility index (Phi) is 19.9. The quantitative estimate of drug-likeness (QED) is 0.240. The summed E-state index contributed by atoms with van der Waals surface area (Å²) in [7, 11) is 0. The molecule has 24 heavy (non-hydrogen) atoms. The Morgan fingerprint density at radius 2 is 1.00 bits per heavy atom. The first kappa shape index (κ1) is 24.3. The SMILES string of the molecule is CCCCCCCCCCCCCCCCCSCC(C)C(C)O. The lowest BCUT2D eigenvalue weighted by atomic mass is 10.0. The van der Waals surface area contributed by atoms with Crippen LogP contribution < -0.4 is 0 Å². The molecular formula is C22H46OS. The van der Waals surface area contributed by atoms with Crippen molar-refractivity contribution in [3.63, 3.8) is 0 Å². The Balaban J connectivity index is 3.03. The zero-order valence-corrected chi connectivity index (χ0v) is 17.8. The summed E-state index contributed by atoms with van der Waals surface area (Å²) in [5, 5.41) is 9.44. The van der Waals surface area contributed by atoms with Gasteiger partial charge in [-0.25, -0.2) is 0 Å². The maximum atomic E-state index is 9.44. The monoisotopic (exact) mass is 358 g/mol. The van der Waals surface area contributed by atoms with Gasteiger partial charge in [-0.3, -0.25) is 0 Å². The lowest BCUT2D eigenvalue weighted by Crippen LogP contribution is -2.15. The standard InChI is InChI=1S/C22H46OS/c1-4-5-6-7-8-9-10-11-12-13-14-15-16-17-18-19-24-20-21(2)22(3)23/h21-23H,4-20H2,1-3H3. The number of thioether (sulfide) groups is 1. The van der Waals surface area contributed by atoms with E-state index < -0.39 is 0 Å². The molecule has 2 atom stereocenters. The molecule has 0 aliphatic rings. The molecule has 2 unspecified atom stereocenters. The van der Waals surface area contributed by atoms with Crippen molar-refractivity contribution in [2.45, 2.75) is 123 Å². The lowest BCUT2D eigenvalue weighted by Gasteiger charge is -2.13. The molecule has 0 saturated carbocycles. The zero-order chi connectivity index (χ0) is 17.9. The summed E-state index contributed by atoms with van der Waals surface area (Å²) in [4.78, 5) is 0. The summed E-state index contributed by atoms with van der Waals surface area (Å²) in [5.74, 6) is 2.82. The number of hydrogen-bond donors (Lipinski definition) is 1. The Hall–Kier alpha value is 0.310. The van der Waals surface area contributed by atoms with E-state index in [0.29, 0.717) is 5.92 Å². The van der Waals surface area contributed by atoms with E-state index in [4.69, 9.17) is 0 Å². The second kappa shape index (κ2) is 19.6. The predicted octanol–water partition coefficient (Wildman–Crippen LogP) is 7.61. The molecule has 0 spiro atoms. The van der Waals surface area contributed by atoms with Gasteiger partial charge in [-0.05, 0) is 30.8 Å². The highest BCUT2D eigenvalue weighted by molar-refractivity contribution is 7.99. The third kappa shape index (κ3) is 18.6. The predicted molar refractivity (Wildman–Crippen MR) is 113 cm³/mol. The van der Waals surface area contributed by atoms with Crippen molar-refractivity contribution in [3.05, 3.63) is 0 Å². The fraction of sp³-hybridized carbons (Fsp3) is 1.00. The van der Waals surface area contributed by atoms with Gasteiger partial charge in [-0.15, -0.1) is 0 Å². The first-order valence-corrected chi connectivity index (χ1v) is 12.1. The average Bonchev–Trinajstić information content (AvgIpc) is 2.57. The van der Waals surface area contributed by atoms with E-state index >= 15 is 0 Å². The van der Waals surface area contributed by atoms with Crippen LogP contribution in [0.3, 0.4) is 0 Å². The van der Waals surface area contributed by atoms with E-state index in [2.05, 4.69) is 13.8 Å². The largest absolute Gasteiger partial charge is 0.393 e. The molecule has 146 valence electrons. The van der Waals surface area contributed by atoms with Crippen molar-refractivity contribution in [2.75, 3.05) is 11.5 Å². The van der Waals surface area contributed by atoms with Gasteiger partial charge in [0, 0.05) is 0 Å².